The van der Waals surface area contributed by atoms with Crippen LogP contribution in [0.2, 0.25) is 0 Å². The third-order valence-corrected chi connectivity index (χ3v) is 8.78. The van der Waals surface area contributed by atoms with E-state index in [1.54, 1.807) is 0 Å². The molecule has 0 aromatic heterocycles. The molecule has 0 aliphatic rings. The van der Waals surface area contributed by atoms with Gasteiger partial charge in [-0.1, -0.05) is 0 Å². The molecule has 0 spiro atoms. The summed E-state index contributed by atoms with van der Waals surface area (Å²) >= 11 is -1.48. The molecule has 0 aliphatic carbocycles. The third-order valence-electron chi connectivity index (χ3n) is 3.78. The number of aryl methyl sites for hydroxylation is 3. The van der Waals surface area contributed by atoms with Crippen molar-refractivity contribution < 1.29 is 0 Å². The first-order valence-corrected chi connectivity index (χ1v) is 10.4. The van der Waals surface area contributed by atoms with Crippen molar-refractivity contribution in [1.29, 1.82) is 0 Å². The molecule has 22 heavy (non-hydrogen) atoms. The summed E-state index contributed by atoms with van der Waals surface area (Å²) in [6, 6.07) is 27.1. The van der Waals surface area contributed by atoms with E-state index in [1.165, 1.54) is 29.7 Å². The van der Waals surface area contributed by atoms with Gasteiger partial charge in [-0.25, -0.2) is 0 Å². The van der Waals surface area contributed by atoms with Crippen LogP contribution < -0.4 is 13.1 Å². The molecule has 0 fully saturated rings. The van der Waals surface area contributed by atoms with Gasteiger partial charge < -0.3 is 0 Å². The summed E-state index contributed by atoms with van der Waals surface area (Å²) in [6.07, 6.45) is 0. The van der Waals surface area contributed by atoms with E-state index in [0.29, 0.717) is 0 Å². The van der Waals surface area contributed by atoms with E-state index in [0.717, 1.165) is 0 Å². The van der Waals surface area contributed by atoms with Crippen molar-refractivity contribution in [1.82, 2.24) is 0 Å². The van der Waals surface area contributed by atoms with Crippen LogP contribution in [0, 0.1) is 20.8 Å². The van der Waals surface area contributed by atoms with Gasteiger partial charge in [-0.2, -0.15) is 0 Å². The molecule has 0 aliphatic heterocycles. The van der Waals surface area contributed by atoms with Crippen molar-refractivity contribution in [2.75, 3.05) is 0 Å². The van der Waals surface area contributed by atoms with Gasteiger partial charge in [0.2, 0.25) is 0 Å². The molecule has 3 aromatic rings. The van der Waals surface area contributed by atoms with Crippen molar-refractivity contribution in [3.8, 4) is 0 Å². The zero-order chi connectivity index (χ0) is 15.5. The van der Waals surface area contributed by atoms with Gasteiger partial charge in [0, 0.05) is 0 Å². The maximum atomic E-state index is 2.37. The molecule has 0 atom stereocenters. The Labute approximate surface area is 138 Å². The summed E-state index contributed by atoms with van der Waals surface area (Å²) in [6.45, 7) is 6.55. The topological polar surface area (TPSA) is 0 Å². The molecule has 0 nitrogen and oxygen atoms in total. The summed E-state index contributed by atoms with van der Waals surface area (Å²) in [7, 11) is 0. The Morgan fingerprint density at radius 3 is 1.09 bits per heavy atom. The number of hydrogen-bond donors (Lipinski definition) is 0. The van der Waals surface area contributed by atoms with Crippen LogP contribution in [0.3, 0.4) is 0 Å². The third kappa shape index (κ3) is 3.34. The number of benzene rings is 3. The van der Waals surface area contributed by atoms with Crippen LogP contribution >= 0.6 is 0 Å². The first-order chi connectivity index (χ1) is 10.6. The van der Waals surface area contributed by atoms with Crippen LogP contribution in [0.4, 0.5) is 0 Å². The Balaban J connectivity index is 2.18. The summed E-state index contributed by atoms with van der Waals surface area (Å²) in [4.78, 5) is 0. The Morgan fingerprint density at radius 2 is 0.818 bits per heavy atom. The molecule has 0 saturated carbocycles. The van der Waals surface area contributed by atoms with Crippen LogP contribution in [0.1, 0.15) is 16.7 Å². The summed E-state index contributed by atoms with van der Waals surface area (Å²) in [5.74, 6) is 0. The molecule has 0 heterocycles. The van der Waals surface area contributed by atoms with Crippen LogP contribution in [0.15, 0.2) is 72.8 Å². The molecule has 0 radical (unpaired) electrons. The first kappa shape index (κ1) is 15.1. The number of rotatable bonds is 3. The van der Waals surface area contributed by atoms with Crippen molar-refractivity contribution in [2.24, 2.45) is 0 Å². The van der Waals surface area contributed by atoms with E-state index >= 15 is 0 Å². The maximum absolute atomic E-state index is 2.37. The zero-order valence-corrected chi connectivity index (χ0v) is 15.3. The van der Waals surface area contributed by atoms with E-state index in [9.17, 15) is 0 Å². The first-order valence-electron chi connectivity index (χ1n) is 7.63. The minimum absolute atomic E-state index is 1.34. The van der Waals surface area contributed by atoms with Gasteiger partial charge in [-0.15, -0.1) is 0 Å². The molecule has 110 valence electrons. The second-order valence-electron chi connectivity index (χ2n) is 5.85. The quantitative estimate of drug-likeness (QED) is 0.638. The van der Waals surface area contributed by atoms with E-state index < -0.39 is 14.7 Å². The second-order valence-corrected chi connectivity index (χ2v) is 10.5. The van der Waals surface area contributed by atoms with Gasteiger partial charge in [0.25, 0.3) is 0 Å². The van der Waals surface area contributed by atoms with Crippen molar-refractivity contribution >= 4 is 27.7 Å². The fraction of sp³-hybridized carbons (Fsp3) is 0.143. The predicted molar refractivity (Wildman–Crippen MR) is 98.2 cm³/mol. The van der Waals surface area contributed by atoms with Crippen LogP contribution in [0.25, 0.3) is 0 Å². The Kier molecular flexibility index (Phi) is 4.50. The molecule has 0 saturated heterocycles. The SMILES string of the molecule is Cc1cccc([As](c2cccc(C)c2)c2cccc(C)c2)c1. The van der Waals surface area contributed by atoms with Crippen LogP contribution in [-0.2, 0) is 0 Å². The fourth-order valence-electron chi connectivity index (χ4n) is 2.75. The van der Waals surface area contributed by atoms with Crippen LogP contribution in [0.5, 0.6) is 0 Å². The van der Waals surface area contributed by atoms with E-state index in [2.05, 4.69) is 93.6 Å². The van der Waals surface area contributed by atoms with Gasteiger partial charge >= 0.3 is 138 Å². The van der Waals surface area contributed by atoms with Crippen molar-refractivity contribution in [2.45, 2.75) is 20.8 Å². The molecule has 0 amide bonds. The Morgan fingerprint density at radius 1 is 0.500 bits per heavy atom. The predicted octanol–water partition coefficient (Wildman–Crippen LogP) is 3.13. The molecule has 0 N–H and O–H groups in total. The van der Waals surface area contributed by atoms with Crippen molar-refractivity contribution in [3.63, 3.8) is 0 Å². The second kappa shape index (κ2) is 6.55. The summed E-state index contributed by atoms with van der Waals surface area (Å²) in [5.41, 5.74) is 4.03. The Hall–Kier alpha value is -1.78. The molecule has 0 unspecified atom stereocenters. The summed E-state index contributed by atoms with van der Waals surface area (Å²) in [5, 5.41) is 0. The van der Waals surface area contributed by atoms with Gasteiger partial charge in [0.1, 0.15) is 0 Å². The fourth-order valence-corrected chi connectivity index (χ4v) is 8.20. The normalized spacial score (nSPS) is 10.9. The van der Waals surface area contributed by atoms with Gasteiger partial charge in [-0.05, 0) is 0 Å². The van der Waals surface area contributed by atoms with Gasteiger partial charge in [0.05, 0.1) is 0 Å². The summed E-state index contributed by atoms with van der Waals surface area (Å²) < 4.78 is 4.51. The minimum atomic E-state index is -1.48. The molecular formula is C21H21As. The number of hydrogen-bond acceptors (Lipinski definition) is 0. The van der Waals surface area contributed by atoms with Crippen molar-refractivity contribution in [3.05, 3.63) is 89.5 Å². The van der Waals surface area contributed by atoms with Crippen LogP contribution in [-0.4, -0.2) is 14.7 Å². The monoisotopic (exact) mass is 348 g/mol. The molecule has 1 heteroatoms. The Bertz CT molecular complexity index is 681. The zero-order valence-electron chi connectivity index (χ0n) is 13.4. The molecule has 3 aromatic carbocycles. The van der Waals surface area contributed by atoms with Gasteiger partial charge in [-0.3, -0.25) is 0 Å². The van der Waals surface area contributed by atoms with E-state index in [1.807, 2.05) is 0 Å². The molecule has 0 bridgehead atoms. The molecular weight excluding hydrogens is 327 g/mol. The van der Waals surface area contributed by atoms with E-state index in [4.69, 9.17) is 0 Å². The average molecular weight is 348 g/mol. The van der Waals surface area contributed by atoms with Gasteiger partial charge in [0.15, 0.2) is 0 Å². The average Bonchev–Trinajstić information content (AvgIpc) is 2.48. The standard InChI is InChI=1S/C21H21As/c1-16-7-4-10-19(13-16)22(20-11-5-8-17(2)14-20)21-12-6-9-18(3)15-21/h4-15H,1-3H3. The van der Waals surface area contributed by atoms with E-state index in [-0.39, 0.29) is 0 Å². The molecule has 3 rings (SSSR count).